The Morgan fingerprint density at radius 1 is 1.21 bits per heavy atom. The van der Waals surface area contributed by atoms with Crippen molar-refractivity contribution in [1.29, 1.82) is 0 Å². The van der Waals surface area contributed by atoms with Crippen LogP contribution in [0.3, 0.4) is 0 Å². The normalized spacial score (nSPS) is 10.5. The van der Waals surface area contributed by atoms with Crippen molar-refractivity contribution >= 4 is 68.8 Å². The van der Waals surface area contributed by atoms with Crippen molar-refractivity contribution in [3.8, 4) is 0 Å². The van der Waals surface area contributed by atoms with Crippen molar-refractivity contribution in [3.05, 3.63) is 51.2 Å². The van der Waals surface area contributed by atoms with Gasteiger partial charge in [-0.15, -0.1) is 21.5 Å². The number of carbonyl (C=O) groups excluding carboxylic acids is 2. The average Bonchev–Trinajstić information content (AvgIpc) is 3.34. The molecule has 2 heterocycles. The van der Waals surface area contributed by atoms with Crippen molar-refractivity contribution in [2.45, 2.75) is 17.8 Å². The molecule has 7 nitrogen and oxygen atoms in total. The largest absolute Gasteiger partial charge is 0.333 e. The highest BCUT2D eigenvalue weighted by Crippen LogP contribution is 2.30. The second-order valence-corrected chi connectivity index (χ2v) is 9.15. The molecule has 0 radical (unpaired) electrons. The Labute approximate surface area is 178 Å². The van der Waals surface area contributed by atoms with Crippen LogP contribution in [0, 0.1) is 6.92 Å². The standard InChI is InChI=1S/C17H16ClN5O2S3/c1-10-12(18)5-2-6-13(10)20-16-22-23-17(28-16)27-9-14(24)21-15(25)19-8-11-4-3-7-26-11/h2-7H,8-9H2,1H3,(H,20,22)(H2,19,21,24,25). The van der Waals surface area contributed by atoms with Crippen LogP contribution in [0.5, 0.6) is 0 Å². The Bertz CT molecular complexity index is 962. The Hall–Kier alpha value is -2.14. The highest BCUT2D eigenvalue weighted by molar-refractivity contribution is 8.01. The van der Waals surface area contributed by atoms with Crippen LogP contribution in [-0.2, 0) is 11.3 Å². The average molecular weight is 454 g/mol. The molecule has 3 N–H and O–H groups in total. The number of aromatic nitrogens is 2. The van der Waals surface area contributed by atoms with E-state index in [1.165, 1.54) is 34.4 Å². The maximum Gasteiger partial charge on any atom is 0.321 e. The van der Waals surface area contributed by atoms with E-state index in [1.807, 2.05) is 42.6 Å². The summed E-state index contributed by atoms with van der Waals surface area (Å²) in [6.07, 6.45) is 0. The maximum absolute atomic E-state index is 11.9. The lowest BCUT2D eigenvalue weighted by molar-refractivity contribution is -0.117. The van der Waals surface area contributed by atoms with Crippen LogP contribution in [0.4, 0.5) is 15.6 Å². The molecule has 0 fully saturated rings. The molecule has 0 spiro atoms. The van der Waals surface area contributed by atoms with Gasteiger partial charge in [-0.25, -0.2) is 4.79 Å². The molecule has 146 valence electrons. The minimum atomic E-state index is -0.518. The number of nitrogens with zero attached hydrogens (tertiary/aromatic N) is 2. The fourth-order valence-electron chi connectivity index (χ4n) is 2.09. The molecular formula is C17H16ClN5O2S3. The molecule has 3 aromatic rings. The molecule has 0 aliphatic heterocycles. The number of carbonyl (C=O) groups is 2. The Balaban J connectivity index is 1.44. The first-order valence-corrected chi connectivity index (χ1v) is 11.2. The molecule has 0 saturated heterocycles. The van der Waals surface area contributed by atoms with E-state index in [-0.39, 0.29) is 5.75 Å². The van der Waals surface area contributed by atoms with Gasteiger partial charge >= 0.3 is 6.03 Å². The lowest BCUT2D eigenvalue weighted by Gasteiger charge is -2.06. The number of amides is 3. The minimum Gasteiger partial charge on any atom is -0.333 e. The molecule has 0 atom stereocenters. The van der Waals surface area contributed by atoms with E-state index in [9.17, 15) is 9.59 Å². The van der Waals surface area contributed by atoms with Gasteiger partial charge in [0.25, 0.3) is 0 Å². The summed E-state index contributed by atoms with van der Waals surface area (Å²) in [6, 6.07) is 8.86. The van der Waals surface area contributed by atoms with Gasteiger partial charge in [-0.05, 0) is 36.1 Å². The molecule has 28 heavy (non-hydrogen) atoms. The van der Waals surface area contributed by atoms with Gasteiger partial charge in [0.1, 0.15) is 0 Å². The molecule has 3 amide bonds. The van der Waals surface area contributed by atoms with E-state index in [4.69, 9.17) is 11.6 Å². The molecular weight excluding hydrogens is 438 g/mol. The second-order valence-electron chi connectivity index (χ2n) is 5.51. The topological polar surface area (TPSA) is 96.0 Å². The smallest absolute Gasteiger partial charge is 0.321 e. The highest BCUT2D eigenvalue weighted by atomic mass is 35.5. The van der Waals surface area contributed by atoms with Crippen molar-refractivity contribution in [1.82, 2.24) is 20.8 Å². The van der Waals surface area contributed by atoms with Crippen LogP contribution < -0.4 is 16.0 Å². The van der Waals surface area contributed by atoms with Crippen molar-refractivity contribution in [2.24, 2.45) is 0 Å². The molecule has 0 aliphatic carbocycles. The van der Waals surface area contributed by atoms with E-state index >= 15 is 0 Å². The molecule has 0 aliphatic rings. The summed E-state index contributed by atoms with van der Waals surface area (Å²) in [5, 5.41) is 19.4. The van der Waals surface area contributed by atoms with Crippen LogP contribution >= 0.6 is 46.0 Å². The number of nitrogens with one attached hydrogen (secondary N) is 3. The number of benzene rings is 1. The zero-order valence-corrected chi connectivity index (χ0v) is 17.9. The van der Waals surface area contributed by atoms with Gasteiger partial charge in [0, 0.05) is 15.6 Å². The Morgan fingerprint density at radius 3 is 2.86 bits per heavy atom. The third-order valence-corrected chi connectivity index (χ3v) is 6.76. The number of hydrogen-bond donors (Lipinski definition) is 3. The second kappa shape index (κ2) is 9.87. The number of imide groups is 1. The number of thiophene rings is 1. The molecule has 3 rings (SSSR count). The van der Waals surface area contributed by atoms with Crippen LogP contribution in [0.1, 0.15) is 10.4 Å². The molecule has 1 aromatic carbocycles. The summed E-state index contributed by atoms with van der Waals surface area (Å²) >= 11 is 10.2. The number of anilines is 2. The van der Waals surface area contributed by atoms with Crippen LogP contribution in [0.25, 0.3) is 0 Å². The van der Waals surface area contributed by atoms with Gasteiger partial charge in [-0.3, -0.25) is 10.1 Å². The van der Waals surface area contributed by atoms with E-state index in [0.717, 1.165) is 16.1 Å². The third-order valence-electron chi connectivity index (χ3n) is 3.50. The van der Waals surface area contributed by atoms with E-state index in [2.05, 4.69) is 26.1 Å². The maximum atomic E-state index is 11.9. The zero-order chi connectivity index (χ0) is 19.9. The van der Waals surface area contributed by atoms with Gasteiger partial charge in [0.05, 0.1) is 12.3 Å². The summed E-state index contributed by atoms with van der Waals surface area (Å²) in [7, 11) is 0. The molecule has 11 heteroatoms. The van der Waals surface area contributed by atoms with Crippen LogP contribution in [-0.4, -0.2) is 27.9 Å². The highest BCUT2D eigenvalue weighted by Gasteiger charge is 2.12. The molecule has 0 saturated carbocycles. The van der Waals surface area contributed by atoms with E-state index < -0.39 is 11.9 Å². The summed E-state index contributed by atoms with van der Waals surface area (Å²) in [4.78, 5) is 24.7. The molecule has 0 unspecified atom stereocenters. The van der Waals surface area contributed by atoms with E-state index in [1.54, 1.807) is 0 Å². The minimum absolute atomic E-state index is 0.0667. The van der Waals surface area contributed by atoms with Crippen LogP contribution in [0.2, 0.25) is 5.02 Å². The first-order valence-electron chi connectivity index (χ1n) is 8.10. The number of hydrogen-bond acceptors (Lipinski definition) is 8. The third kappa shape index (κ3) is 5.93. The number of urea groups is 1. The number of halogens is 1. The predicted octanol–water partition coefficient (Wildman–Crippen LogP) is 4.42. The van der Waals surface area contributed by atoms with Gasteiger partial charge < -0.3 is 10.6 Å². The van der Waals surface area contributed by atoms with Gasteiger partial charge in [-0.1, -0.05) is 46.8 Å². The summed E-state index contributed by atoms with van der Waals surface area (Å²) in [6.45, 7) is 2.30. The summed E-state index contributed by atoms with van der Waals surface area (Å²) in [5.74, 6) is -0.332. The lowest BCUT2D eigenvalue weighted by Crippen LogP contribution is -2.39. The monoisotopic (exact) mass is 453 g/mol. The van der Waals surface area contributed by atoms with Gasteiger partial charge in [0.2, 0.25) is 11.0 Å². The fourth-order valence-corrected chi connectivity index (χ4v) is 4.47. The van der Waals surface area contributed by atoms with Crippen molar-refractivity contribution in [2.75, 3.05) is 11.1 Å². The van der Waals surface area contributed by atoms with Crippen molar-refractivity contribution in [3.63, 3.8) is 0 Å². The summed E-state index contributed by atoms with van der Waals surface area (Å²) < 4.78 is 0.622. The number of rotatable bonds is 7. The van der Waals surface area contributed by atoms with Gasteiger partial charge in [0.15, 0.2) is 4.34 Å². The first-order chi connectivity index (χ1) is 13.5. The summed E-state index contributed by atoms with van der Waals surface area (Å²) in [5.41, 5.74) is 1.77. The zero-order valence-electron chi connectivity index (χ0n) is 14.7. The predicted molar refractivity (Wildman–Crippen MR) is 115 cm³/mol. The first kappa shape index (κ1) is 20.6. The van der Waals surface area contributed by atoms with Crippen LogP contribution in [0.15, 0.2) is 40.1 Å². The Kier molecular flexibility index (Phi) is 7.26. The number of thioether (sulfide) groups is 1. The molecule has 0 bridgehead atoms. The SMILES string of the molecule is Cc1c(Cl)cccc1Nc1nnc(SCC(=O)NC(=O)NCc2cccs2)s1. The van der Waals surface area contributed by atoms with Crippen molar-refractivity contribution < 1.29 is 9.59 Å². The Morgan fingerprint density at radius 2 is 2.07 bits per heavy atom. The fraction of sp³-hybridized carbons (Fsp3) is 0.176. The van der Waals surface area contributed by atoms with Gasteiger partial charge in [-0.2, -0.15) is 0 Å². The lowest BCUT2D eigenvalue weighted by atomic mass is 10.2. The quantitative estimate of drug-likeness (QED) is 0.458. The molecule has 2 aromatic heterocycles. The van der Waals surface area contributed by atoms with E-state index in [0.29, 0.717) is 21.0 Å².